The third-order valence-electron chi connectivity index (χ3n) is 4.21. The van der Waals surface area contributed by atoms with E-state index in [9.17, 15) is 0 Å². The molecule has 3 heteroatoms. The van der Waals surface area contributed by atoms with Gasteiger partial charge in [-0.25, -0.2) is 0 Å². The average Bonchev–Trinajstić information content (AvgIpc) is 2.76. The summed E-state index contributed by atoms with van der Waals surface area (Å²) in [6.45, 7) is 2.06. The van der Waals surface area contributed by atoms with E-state index in [1.165, 1.54) is 31.7 Å². The van der Waals surface area contributed by atoms with Crippen molar-refractivity contribution >= 4 is 33.0 Å². The molecule has 0 saturated carbocycles. The van der Waals surface area contributed by atoms with Crippen LogP contribution in [0.5, 0.6) is 0 Å². The Morgan fingerprint density at radius 3 is 2.67 bits per heavy atom. The van der Waals surface area contributed by atoms with Gasteiger partial charge in [-0.1, -0.05) is 41.9 Å². The molecular weight excluding hydrogens is 298 g/mol. The fourth-order valence-corrected chi connectivity index (χ4v) is 4.67. The topological polar surface area (TPSA) is 3.24 Å². The first kappa shape index (κ1) is 13.3. The summed E-state index contributed by atoms with van der Waals surface area (Å²) in [7, 11) is 2.19. The number of likely N-dealkylation sites (N-methyl/N-ethyl adjacent to an activating group) is 1. The molecule has 0 saturated heterocycles. The molecule has 1 nitrogen and oxygen atoms in total. The molecule has 0 spiro atoms. The van der Waals surface area contributed by atoms with Gasteiger partial charge in [-0.05, 0) is 42.3 Å². The maximum atomic E-state index is 6.47. The van der Waals surface area contributed by atoms with E-state index in [1.807, 2.05) is 11.3 Å². The molecule has 21 heavy (non-hydrogen) atoms. The van der Waals surface area contributed by atoms with Crippen molar-refractivity contribution in [2.24, 2.45) is 0 Å². The molecule has 2 heterocycles. The first-order valence-electron chi connectivity index (χ1n) is 7.21. The molecule has 1 aliphatic rings. The smallest absolute Gasteiger partial charge is 0.0445 e. The van der Waals surface area contributed by atoms with Crippen molar-refractivity contribution in [2.45, 2.75) is 13.0 Å². The minimum Gasteiger partial charge on any atom is -0.302 e. The van der Waals surface area contributed by atoms with Crippen molar-refractivity contribution in [3.05, 3.63) is 58.6 Å². The fourth-order valence-electron chi connectivity index (χ4n) is 3.17. The quantitative estimate of drug-likeness (QED) is 0.596. The minimum absolute atomic E-state index is 0.913. The molecule has 0 unspecified atom stereocenters. The molecule has 0 radical (unpaired) electrons. The van der Waals surface area contributed by atoms with Crippen molar-refractivity contribution < 1.29 is 0 Å². The molecule has 0 atom stereocenters. The number of thiophene rings is 1. The SMILES string of the molecule is CN1CCc2c(Cl)ccc3sc(-c4ccccc4)c(c23)C1. The van der Waals surface area contributed by atoms with Gasteiger partial charge in [0.25, 0.3) is 0 Å². The molecule has 0 aliphatic carbocycles. The van der Waals surface area contributed by atoms with Gasteiger partial charge in [0.1, 0.15) is 0 Å². The van der Waals surface area contributed by atoms with Crippen LogP contribution in [0.4, 0.5) is 0 Å². The summed E-state index contributed by atoms with van der Waals surface area (Å²) in [6, 6.07) is 14.9. The van der Waals surface area contributed by atoms with E-state index in [1.54, 1.807) is 0 Å². The molecular formula is C18H16ClNS. The summed E-state index contributed by atoms with van der Waals surface area (Å²) in [4.78, 5) is 3.78. The van der Waals surface area contributed by atoms with Gasteiger partial charge in [-0.15, -0.1) is 11.3 Å². The monoisotopic (exact) mass is 313 g/mol. The molecule has 1 aliphatic heterocycles. The fraction of sp³-hybridized carbons (Fsp3) is 0.222. The predicted molar refractivity (Wildman–Crippen MR) is 92.3 cm³/mol. The molecule has 0 amide bonds. The second-order valence-electron chi connectivity index (χ2n) is 5.66. The van der Waals surface area contributed by atoms with E-state index in [0.29, 0.717) is 0 Å². The summed E-state index contributed by atoms with van der Waals surface area (Å²) < 4.78 is 1.36. The number of halogens is 1. The Kier molecular flexibility index (Phi) is 3.26. The van der Waals surface area contributed by atoms with E-state index in [4.69, 9.17) is 11.6 Å². The molecule has 1 aromatic heterocycles. The zero-order valence-electron chi connectivity index (χ0n) is 11.9. The Morgan fingerprint density at radius 2 is 1.86 bits per heavy atom. The van der Waals surface area contributed by atoms with E-state index in [0.717, 1.165) is 24.5 Å². The van der Waals surface area contributed by atoms with Gasteiger partial charge < -0.3 is 4.90 Å². The van der Waals surface area contributed by atoms with Gasteiger partial charge in [0.15, 0.2) is 0 Å². The summed E-state index contributed by atoms with van der Waals surface area (Å²) in [6.07, 6.45) is 1.03. The molecule has 0 N–H and O–H groups in total. The lowest BCUT2D eigenvalue weighted by molar-refractivity contribution is 0.337. The third-order valence-corrected chi connectivity index (χ3v) is 5.81. The number of hydrogen-bond donors (Lipinski definition) is 0. The van der Waals surface area contributed by atoms with Crippen molar-refractivity contribution in [1.82, 2.24) is 4.90 Å². The predicted octanol–water partition coefficient (Wildman–Crippen LogP) is 5.21. The van der Waals surface area contributed by atoms with E-state index in [2.05, 4.69) is 54.4 Å². The Balaban J connectivity index is 2.05. The number of rotatable bonds is 1. The molecule has 0 bridgehead atoms. The largest absolute Gasteiger partial charge is 0.302 e. The second-order valence-corrected chi connectivity index (χ2v) is 7.12. The second kappa shape index (κ2) is 5.13. The zero-order chi connectivity index (χ0) is 14.4. The van der Waals surface area contributed by atoms with E-state index >= 15 is 0 Å². The van der Waals surface area contributed by atoms with Crippen LogP contribution in [-0.2, 0) is 13.0 Å². The van der Waals surface area contributed by atoms with Crippen molar-refractivity contribution in [3.8, 4) is 10.4 Å². The summed E-state index contributed by atoms with van der Waals surface area (Å²) in [5.41, 5.74) is 4.08. The number of benzene rings is 2. The number of nitrogens with zero attached hydrogens (tertiary/aromatic N) is 1. The van der Waals surface area contributed by atoms with Crippen LogP contribution in [0.2, 0.25) is 5.02 Å². The molecule has 4 rings (SSSR count). The van der Waals surface area contributed by atoms with Crippen LogP contribution < -0.4 is 0 Å². The first-order valence-corrected chi connectivity index (χ1v) is 8.40. The van der Waals surface area contributed by atoms with Gasteiger partial charge >= 0.3 is 0 Å². The summed E-state index contributed by atoms with van der Waals surface area (Å²) in [5, 5.41) is 2.31. The van der Waals surface area contributed by atoms with E-state index in [-0.39, 0.29) is 0 Å². The summed E-state index contributed by atoms with van der Waals surface area (Å²) >= 11 is 8.36. The molecule has 2 aromatic carbocycles. The lowest BCUT2D eigenvalue weighted by Crippen LogP contribution is -2.18. The van der Waals surface area contributed by atoms with Crippen LogP contribution in [0.25, 0.3) is 20.5 Å². The highest BCUT2D eigenvalue weighted by Gasteiger charge is 2.22. The van der Waals surface area contributed by atoms with Gasteiger partial charge in [0, 0.05) is 33.1 Å². The minimum atomic E-state index is 0.913. The maximum absolute atomic E-state index is 6.47. The maximum Gasteiger partial charge on any atom is 0.0445 e. The number of hydrogen-bond acceptors (Lipinski definition) is 2. The van der Waals surface area contributed by atoms with Crippen molar-refractivity contribution in [2.75, 3.05) is 13.6 Å². The molecule has 3 aromatic rings. The highest BCUT2D eigenvalue weighted by atomic mass is 35.5. The van der Waals surface area contributed by atoms with Gasteiger partial charge in [-0.3, -0.25) is 0 Å². The van der Waals surface area contributed by atoms with Crippen LogP contribution in [-0.4, -0.2) is 18.5 Å². The Morgan fingerprint density at radius 1 is 1.05 bits per heavy atom. The lowest BCUT2D eigenvalue weighted by atomic mass is 10.0. The van der Waals surface area contributed by atoms with E-state index < -0.39 is 0 Å². The molecule has 106 valence electrons. The Bertz CT molecular complexity index is 807. The average molecular weight is 314 g/mol. The highest BCUT2D eigenvalue weighted by Crippen LogP contribution is 2.43. The van der Waals surface area contributed by atoms with Gasteiger partial charge in [0.05, 0.1) is 0 Å². The third kappa shape index (κ3) is 2.18. The van der Waals surface area contributed by atoms with Crippen LogP contribution in [0.15, 0.2) is 42.5 Å². The van der Waals surface area contributed by atoms with Crippen molar-refractivity contribution in [3.63, 3.8) is 0 Å². The standard InChI is InChI=1S/C18H16ClNS/c1-20-10-9-13-15(19)7-8-16-17(13)14(11-20)18(21-16)12-5-3-2-4-6-12/h2-8H,9-11H2,1H3. The normalized spacial score (nSPS) is 15.3. The molecule has 0 fully saturated rings. The van der Waals surface area contributed by atoms with Crippen molar-refractivity contribution in [1.29, 1.82) is 0 Å². The zero-order valence-corrected chi connectivity index (χ0v) is 13.5. The van der Waals surface area contributed by atoms with Gasteiger partial charge in [-0.2, -0.15) is 0 Å². The van der Waals surface area contributed by atoms with Crippen LogP contribution in [0.1, 0.15) is 11.1 Å². The van der Waals surface area contributed by atoms with Crippen LogP contribution in [0.3, 0.4) is 0 Å². The highest BCUT2D eigenvalue weighted by molar-refractivity contribution is 7.22. The Labute approximate surface area is 133 Å². The summed E-state index contributed by atoms with van der Waals surface area (Å²) in [5.74, 6) is 0. The Hall–Kier alpha value is -1.35. The lowest BCUT2D eigenvalue weighted by Gasteiger charge is -2.14. The van der Waals surface area contributed by atoms with Gasteiger partial charge in [0.2, 0.25) is 0 Å². The van der Waals surface area contributed by atoms with Crippen LogP contribution >= 0.6 is 22.9 Å². The van der Waals surface area contributed by atoms with Crippen LogP contribution in [0, 0.1) is 0 Å². The first-order chi connectivity index (χ1) is 10.2.